The molecule has 0 aromatic rings. The molecule has 0 fully saturated rings. The Morgan fingerprint density at radius 1 is 1.17 bits per heavy atom. The Morgan fingerprint density at radius 2 is 1.44 bits per heavy atom. The minimum Gasteiger partial charge on any atom is -0.478 e. The van der Waals surface area contributed by atoms with Gasteiger partial charge in [-0.2, -0.15) is 0 Å². The molecule has 0 heterocycles. The van der Waals surface area contributed by atoms with Crippen LogP contribution in [0.5, 0.6) is 0 Å². The summed E-state index contributed by atoms with van der Waals surface area (Å²) >= 11 is 0. The van der Waals surface area contributed by atoms with E-state index in [1.807, 2.05) is 0 Å². The van der Waals surface area contributed by atoms with E-state index in [0.29, 0.717) is 12.8 Å². The summed E-state index contributed by atoms with van der Waals surface area (Å²) in [5.74, 6) is -0.981. The molecule has 0 saturated carbocycles. The second-order valence-electron chi connectivity index (χ2n) is 2.85. The first-order chi connectivity index (χ1) is 8.39. The standard InChI is InChI=1S/C6H14O3.C3H4O2.C2H6O2/c1-3-5(7)9-6(8)4-2;1-2-3(4)5;3-1-2-4/h5-8H,3-4H2,1-2H3;2H,1H2,(H,4,5);3-4H,1-2H2. The number of ether oxygens (including phenoxy) is 1. The highest BCUT2D eigenvalue weighted by atomic mass is 16.7. The third-order valence-corrected chi connectivity index (χ3v) is 1.29. The summed E-state index contributed by atoms with van der Waals surface area (Å²) in [6.07, 6.45) is 0.216. The van der Waals surface area contributed by atoms with Crippen LogP contribution in [0.4, 0.5) is 0 Å². The number of hydrogen-bond acceptors (Lipinski definition) is 6. The zero-order valence-corrected chi connectivity index (χ0v) is 10.8. The fourth-order valence-corrected chi connectivity index (χ4v) is 0.374. The van der Waals surface area contributed by atoms with Crippen LogP contribution in [-0.2, 0) is 9.53 Å². The molecular formula is C11H24O7. The van der Waals surface area contributed by atoms with Crippen molar-refractivity contribution in [1.82, 2.24) is 0 Å². The van der Waals surface area contributed by atoms with E-state index in [9.17, 15) is 4.79 Å². The second kappa shape index (κ2) is 18.4. The van der Waals surface area contributed by atoms with Crippen molar-refractivity contribution in [3.8, 4) is 0 Å². The van der Waals surface area contributed by atoms with E-state index in [1.165, 1.54) is 0 Å². The van der Waals surface area contributed by atoms with Gasteiger partial charge in [-0.05, 0) is 12.8 Å². The molecule has 18 heavy (non-hydrogen) atoms. The highest BCUT2D eigenvalue weighted by molar-refractivity contribution is 5.78. The number of carboxylic acid groups (broad SMARTS) is 1. The van der Waals surface area contributed by atoms with Crippen LogP contribution < -0.4 is 0 Å². The zero-order chi connectivity index (χ0) is 15.0. The first-order valence-electron chi connectivity index (χ1n) is 5.48. The van der Waals surface area contributed by atoms with E-state index in [4.69, 9.17) is 25.5 Å². The Balaban J connectivity index is -0.000000212. The lowest BCUT2D eigenvalue weighted by Crippen LogP contribution is -2.19. The van der Waals surface area contributed by atoms with Gasteiger partial charge in [0.2, 0.25) is 0 Å². The maximum atomic E-state index is 9.25. The van der Waals surface area contributed by atoms with Crippen LogP contribution in [0.3, 0.4) is 0 Å². The van der Waals surface area contributed by atoms with Gasteiger partial charge in [0.25, 0.3) is 0 Å². The summed E-state index contributed by atoms with van der Waals surface area (Å²) in [5, 5.41) is 40.4. The van der Waals surface area contributed by atoms with Gasteiger partial charge in [-0.15, -0.1) is 0 Å². The van der Waals surface area contributed by atoms with Crippen LogP contribution >= 0.6 is 0 Å². The van der Waals surface area contributed by atoms with E-state index < -0.39 is 18.5 Å². The molecule has 5 N–H and O–H groups in total. The van der Waals surface area contributed by atoms with Crippen molar-refractivity contribution in [3.63, 3.8) is 0 Å². The molecule has 0 aliphatic heterocycles. The van der Waals surface area contributed by atoms with E-state index in [1.54, 1.807) is 13.8 Å². The van der Waals surface area contributed by atoms with Gasteiger partial charge in [-0.1, -0.05) is 20.4 Å². The molecule has 0 aliphatic carbocycles. The van der Waals surface area contributed by atoms with Crippen molar-refractivity contribution in [3.05, 3.63) is 12.7 Å². The predicted molar refractivity (Wildman–Crippen MR) is 65.7 cm³/mol. The quantitative estimate of drug-likeness (QED) is 0.330. The van der Waals surface area contributed by atoms with Crippen molar-refractivity contribution in [2.24, 2.45) is 0 Å². The van der Waals surface area contributed by atoms with Gasteiger partial charge in [0, 0.05) is 6.08 Å². The number of aliphatic hydroxyl groups is 4. The summed E-state index contributed by atoms with van der Waals surface area (Å²) in [5.41, 5.74) is 0. The Hall–Kier alpha value is -0.990. The lowest BCUT2D eigenvalue weighted by molar-refractivity contribution is -0.208. The number of aliphatic hydroxyl groups excluding tert-OH is 4. The number of rotatable bonds is 6. The molecule has 7 nitrogen and oxygen atoms in total. The Kier molecular flexibility index (Phi) is 22.7. The molecule has 0 spiro atoms. The van der Waals surface area contributed by atoms with Crippen molar-refractivity contribution < 1.29 is 35.1 Å². The highest BCUT2D eigenvalue weighted by Crippen LogP contribution is 1.99. The van der Waals surface area contributed by atoms with Crippen LogP contribution in [0.1, 0.15) is 26.7 Å². The van der Waals surface area contributed by atoms with Gasteiger partial charge in [0.15, 0.2) is 12.6 Å². The summed E-state index contributed by atoms with van der Waals surface area (Å²) in [6.45, 7) is 6.28. The first kappa shape index (κ1) is 22.2. The Bertz CT molecular complexity index is 174. The number of carbonyl (C=O) groups is 1. The van der Waals surface area contributed by atoms with Crippen molar-refractivity contribution in [2.45, 2.75) is 39.3 Å². The van der Waals surface area contributed by atoms with Crippen molar-refractivity contribution in [2.75, 3.05) is 13.2 Å². The fourth-order valence-electron chi connectivity index (χ4n) is 0.374. The molecule has 0 aromatic carbocycles. The zero-order valence-electron chi connectivity index (χ0n) is 10.8. The van der Waals surface area contributed by atoms with E-state index >= 15 is 0 Å². The topological polar surface area (TPSA) is 127 Å². The number of aliphatic carboxylic acids is 1. The molecule has 0 bridgehead atoms. The fraction of sp³-hybridized carbons (Fsp3) is 0.727. The summed E-state index contributed by atoms with van der Waals surface area (Å²) in [7, 11) is 0. The van der Waals surface area contributed by atoms with Gasteiger partial charge in [-0.3, -0.25) is 0 Å². The average molecular weight is 268 g/mol. The molecule has 0 aliphatic rings. The van der Waals surface area contributed by atoms with Gasteiger partial charge in [0.05, 0.1) is 13.2 Å². The van der Waals surface area contributed by atoms with Gasteiger partial charge < -0.3 is 30.3 Å². The maximum Gasteiger partial charge on any atom is 0.327 e. The third kappa shape index (κ3) is 29.4. The average Bonchev–Trinajstić information content (AvgIpc) is 2.39. The van der Waals surface area contributed by atoms with Crippen LogP contribution in [-0.4, -0.2) is 57.3 Å². The molecule has 0 aromatic heterocycles. The Labute approximate surface area is 107 Å². The largest absolute Gasteiger partial charge is 0.478 e. The van der Waals surface area contributed by atoms with Crippen LogP contribution in [0, 0.1) is 0 Å². The maximum absolute atomic E-state index is 9.25. The van der Waals surface area contributed by atoms with Crippen LogP contribution in [0.15, 0.2) is 12.7 Å². The lowest BCUT2D eigenvalue weighted by atomic mass is 10.4. The van der Waals surface area contributed by atoms with E-state index in [2.05, 4.69) is 11.3 Å². The minimum atomic E-state index is -0.981. The van der Waals surface area contributed by atoms with E-state index in [-0.39, 0.29) is 13.2 Å². The Morgan fingerprint density at radius 3 is 1.56 bits per heavy atom. The number of hydrogen-bond donors (Lipinski definition) is 5. The van der Waals surface area contributed by atoms with Gasteiger partial charge in [-0.25, -0.2) is 4.79 Å². The smallest absolute Gasteiger partial charge is 0.327 e. The monoisotopic (exact) mass is 268 g/mol. The first-order valence-corrected chi connectivity index (χ1v) is 5.48. The molecule has 0 radical (unpaired) electrons. The number of carboxylic acids is 1. The normalized spacial score (nSPS) is 12.1. The summed E-state index contributed by atoms with van der Waals surface area (Å²) in [4.78, 5) is 9.25. The van der Waals surface area contributed by atoms with Crippen LogP contribution in [0.2, 0.25) is 0 Å². The third-order valence-electron chi connectivity index (χ3n) is 1.29. The van der Waals surface area contributed by atoms with Gasteiger partial charge >= 0.3 is 5.97 Å². The SMILES string of the molecule is C=CC(=O)O.CCC(O)OC(O)CC.OCCO. The minimum absolute atomic E-state index is 0.125. The summed E-state index contributed by atoms with van der Waals surface area (Å²) < 4.78 is 4.66. The predicted octanol–water partition coefficient (Wildman–Crippen LogP) is -0.312. The second-order valence-corrected chi connectivity index (χ2v) is 2.85. The molecule has 7 heteroatoms. The molecular weight excluding hydrogens is 244 g/mol. The van der Waals surface area contributed by atoms with E-state index in [0.717, 1.165) is 6.08 Å². The molecule has 0 saturated heterocycles. The molecule has 0 amide bonds. The molecule has 2 unspecified atom stereocenters. The van der Waals surface area contributed by atoms with Crippen molar-refractivity contribution >= 4 is 5.97 Å². The van der Waals surface area contributed by atoms with Crippen LogP contribution in [0.25, 0.3) is 0 Å². The molecule has 2 atom stereocenters. The van der Waals surface area contributed by atoms with Crippen molar-refractivity contribution in [1.29, 1.82) is 0 Å². The van der Waals surface area contributed by atoms with Gasteiger partial charge in [0.1, 0.15) is 0 Å². The molecule has 0 rings (SSSR count). The highest BCUT2D eigenvalue weighted by Gasteiger charge is 2.05. The lowest BCUT2D eigenvalue weighted by Gasteiger charge is -2.13. The molecule has 110 valence electrons. The summed E-state index contributed by atoms with van der Waals surface area (Å²) in [6, 6.07) is 0.